The molecular formula is C9H16N2O3. The van der Waals surface area contributed by atoms with Crippen LogP contribution in [-0.4, -0.2) is 30.2 Å². The first kappa shape index (κ1) is 10.8. The molecule has 0 spiro atoms. The van der Waals surface area contributed by atoms with Crippen molar-refractivity contribution in [2.45, 2.75) is 38.8 Å². The largest absolute Gasteiger partial charge is 0.444 e. The quantitative estimate of drug-likeness (QED) is 0.643. The number of alkyl carbamates (subject to hydrolysis) is 1. The molecule has 80 valence electrons. The number of amides is 2. The SMILES string of the molecule is CC(C)(C)NC(=O)O[C@@H]1CNC(=O)C1. The summed E-state index contributed by atoms with van der Waals surface area (Å²) in [6.07, 6.45) is -0.541. The van der Waals surface area contributed by atoms with E-state index in [4.69, 9.17) is 4.74 Å². The van der Waals surface area contributed by atoms with Gasteiger partial charge in [0.2, 0.25) is 5.91 Å². The average molecular weight is 200 g/mol. The van der Waals surface area contributed by atoms with Crippen molar-refractivity contribution in [2.24, 2.45) is 0 Å². The van der Waals surface area contributed by atoms with Crippen LogP contribution in [0.15, 0.2) is 0 Å². The zero-order valence-corrected chi connectivity index (χ0v) is 8.72. The minimum atomic E-state index is -0.473. The van der Waals surface area contributed by atoms with Gasteiger partial charge in [0, 0.05) is 5.54 Å². The van der Waals surface area contributed by atoms with Crippen molar-refractivity contribution in [3.63, 3.8) is 0 Å². The molecule has 1 rings (SSSR count). The van der Waals surface area contributed by atoms with Crippen molar-refractivity contribution < 1.29 is 14.3 Å². The smallest absolute Gasteiger partial charge is 0.407 e. The van der Waals surface area contributed by atoms with E-state index in [0.717, 1.165) is 0 Å². The standard InChI is InChI=1S/C9H16N2O3/c1-9(2,3)11-8(13)14-6-4-7(12)10-5-6/h6H,4-5H2,1-3H3,(H,10,12)(H,11,13)/t6-/m0/s1. The summed E-state index contributed by atoms with van der Waals surface area (Å²) in [7, 11) is 0. The Morgan fingerprint density at radius 2 is 2.21 bits per heavy atom. The van der Waals surface area contributed by atoms with Gasteiger partial charge in [-0.25, -0.2) is 4.79 Å². The van der Waals surface area contributed by atoms with Gasteiger partial charge in [-0.2, -0.15) is 0 Å². The molecule has 1 aliphatic rings. The van der Waals surface area contributed by atoms with Gasteiger partial charge in [0.25, 0.3) is 0 Å². The second-order valence-electron chi connectivity index (χ2n) is 4.41. The maximum atomic E-state index is 11.2. The van der Waals surface area contributed by atoms with Gasteiger partial charge in [-0.15, -0.1) is 0 Å². The van der Waals surface area contributed by atoms with Gasteiger partial charge in [0.1, 0.15) is 6.10 Å². The highest BCUT2D eigenvalue weighted by molar-refractivity contribution is 5.79. The lowest BCUT2D eigenvalue weighted by atomic mass is 10.1. The number of hydrogen-bond acceptors (Lipinski definition) is 3. The van der Waals surface area contributed by atoms with Gasteiger partial charge in [-0.1, -0.05) is 0 Å². The Morgan fingerprint density at radius 3 is 2.64 bits per heavy atom. The first-order chi connectivity index (χ1) is 6.37. The molecule has 0 bridgehead atoms. The molecule has 5 heteroatoms. The molecule has 0 aliphatic carbocycles. The molecule has 0 unspecified atom stereocenters. The number of nitrogens with one attached hydrogen (secondary N) is 2. The molecule has 14 heavy (non-hydrogen) atoms. The molecular weight excluding hydrogens is 184 g/mol. The van der Waals surface area contributed by atoms with Crippen LogP contribution in [0.5, 0.6) is 0 Å². The second kappa shape index (κ2) is 3.86. The van der Waals surface area contributed by atoms with Gasteiger partial charge in [0.05, 0.1) is 13.0 Å². The van der Waals surface area contributed by atoms with Gasteiger partial charge in [-0.3, -0.25) is 4.79 Å². The normalized spacial score (nSPS) is 21.6. The molecule has 1 heterocycles. The molecule has 0 radical (unpaired) electrons. The number of carbonyl (C=O) groups is 2. The summed E-state index contributed by atoms with van der Waals surface area (Å²) in [5.41, 5.74) is -0.312. The molecule has 1 fully saturated rings. The van der Waals surface area contributed by atoms with Crippen LogP contribution in [0, 0.1) is 0 Å². The lowest BCUT2D eigenvalue weighted by molar-refractivity contribution is -0.119. The van der Waals surface area contributed by atoms with E-state index >= 15 is 0 Å². The first-order valence-corrected chi connectivity index (χ1v) is 4.62. The van der Waals surface area contributed by atoms with Crippen LogP contribution in [0.1, 0.15) is 27.2 Å². The van der Waals surface area contributed by atoms with Gasteiger partial charge < -0.3 is 15.4 Å². The minimum Gasteiger partial charge on any atom is -0.444 e. The predicted octanol–water partition coefficient (Wildman–Crippen LogP) is 0.400. The van der Waals surface area contributed by atoms with Crippen molar-refractivity contribution >= 4 is 12.0 Å². The summed E-state index contributed by atoms with van der Waals surface area (Å²) in [6.45, 7) is 6.02. The third kappa shape index (κ3) is 3.64. The van der Waals surface area contributed by atoms with Crippen LogP contribution in [0.4, 0.5) is 4.79 Å². The molecule has 0 aromatic heterocycles. The fourth-order valence-corrected chi connectivity index (χ4v) is 1.15. The molecule has 0 aromatic rings. The van der Waals surface area contributed by atoms with E-state index in [1.54, 1.807) is 0 Å². The number of hydrogen-bond donors (Lipinski definition) is 2. The maximum Gasteiger partial charge on any atom is 0.407 e. The van der Waals surface area contributed by atoms with Crippen molar-refractivity contribution in [1.82, 2.24) is 10.6 Å². The molecule has 1 atom stereocenters. The molecule has 0 saturated carbocycles. The second-order valence-corrected chi connectivity index (χ2v) is 4.41. The summed E-state index contributed by atoms with van der Waals surface area (Å²) in [4.78, 5) is 22.0. The molecule has 1 aliphatic heterocycles. The van der Waals surface area contributed by atoms with Crippen LogP contribution < -0.4 is 10.6 Å². The summed E-state index contributed by atoms with van der Waals surface area (Å²) in [5.74, 6) is -0.0708. The van der Waals surface area contributed by atoms with Crippen LogP contribution in [0.25, 0.3) is 0 Å². The Hall–Kier alpha value is -1.26. The summed E-state index contributed by atoms with van der Waals surface area (Å²) in [6, 6.07) is 0. The van der Waals surface area contributed by atoms with E-state index in [-0.39, 0.29) is 24.0 Å². The molecule has 2 amide bonds. The Morgan fingerprint density at radius 1 is 1.57 bits per heavy atom. The number of ether oxygens (including phenoxy) is 1. The van der Waals surface area contributed by atoms with Crippen LogP contribution in [0.2, 0.25) is 0 Å². The summed E-state index contributed by atoms with van der Waals surface area (Å²) < 4.78 is 5.02. The van der Waals surface area contributed by atoms with Crippen LogP contribution in [0.3, 0.4) is 0 Å². The van der Waals surface area contributed by atoms with E-state index < -0.39 is 6.09 Å². The Balaban J connectivity index is 2.31. The molecule has 1 saturated heterocycles. The van der Waals surface area contributed by atoms with Crippen LogP contribution >= 0.6 is 0 Å². The topological polar surface area (TPSA) is 67.4 Å². The van der Waals surface area contributed by atoms with Crippen molar-refractivity contribution in [1.29, 1.82) is 0 Å². The maximum absolute atomic E-state index is 11.2. The molecule has 5 nitrogen and oxygen atoms in total. The number of carbonyl (C=O) groups excluding carboxylic acids is 2. The van der Waals surface area contributed by atoms with E-state index in [1.165, 1.54) is 0 Å². The minimum absolute atomic E-state index is 0.0708. The third-order valence-corrected chi connectivity index (χ3v) is 1.69. The zero-order valence-electron chi connectivity index (χ0n) is 8.72. The fourth-order valence-electron chi connectivity index (χ4n) is 1.15. The van der Waals surface area contributed by atoms with Crippen molar-refractivity contribution in [3.8, 4) is 0 Å². The van der Waals surface area contributed by atoms with E-state index in [1.807, 2.05) is 20.8 Å². The van der Waals surface area contributed by atoms with Crippen molar-refractivity contribution in [3.05, 3.63) is 0 Å². The van der Waals surface area contributed by atoms with Gasteiger partial charge in [0.15, 0.2) is 0 Å². The Labute approximate surface area is 83.2 Å². The Kier molecular flexibility index (Phi) is 2.98. The Bertz CT molecular complexity index is 245. The molecule has 0 aromatic carbocycles. The predicted molar refractivity (Wildman–Crippen MR) is 50.8 cm³/mol. The van der Waals surface area contributed by atoms with E-state index in [2.05, 4.69) is 10.6 Å². The summed E-state index contributed by atoms with van der Waals surface area (Å²) in [5, 5.41) is 5.25. The third-order valence-electron chi connectivity index (χ3n) is 1.69. The lowest BCUT2D eigenvalue weighted by Gasteiger charge is -2.21. The van der Waals surface area contributed by atoms with Gasteiger partial charge >= 0.3 is 6.09 Å². The highest BCUT2D eigenvalue weighted by Gasteiger charge is 2.26. The average Bonchev–Trinajstić information content (AvgIpc) is 2.30. The van der Waals surface area contributed by atoms with E-state index in [0.29, 0.717) is 6.54 Å². The highest BCUT2D eigenvalue weighted by atomic mass is 16.6. The first-order valence-electron chi connectivity index (χ1n) is 4.62. The zero-order chi connectivity index (χ0) is 10.8. The van der Waals surface area contributed by atoms with Crippen molar-refractivity contribution in [2.75, 3.05) is 6.54 Å². The fraction of sp³-hybridized carbons (Fsp3) is 0.778. The lowest BCUT2D eigenvalue weighted by Crippen LogP contribution is -2.42. The highest BCUT2D eigenvalue weighted by Crippen LogP contribution is 2.06. The van der Waals surface area contributed by atoms with Gasteiger partial charge in [-0.05, 0) is 20.8 Å². The monoisotopic (exact) mass is 200 g/mol. The summed E-state index contributed by atoms with van der Waals surface area (Å²) >= 11 is 0. The molecule has 2 N–H and O–H groups in total. The van der Waals surface area contributed by atoms with Crippen LogP contribution in [-0.2, 0) is 9.53 Å². The van der Waals surface area contributed by atoms with E-state index in [9.17, 15) is 9.59 Å². The number of rotatable bonds is 1.